The molecule has 0 aliphatic rings. The Kier molecular flexibility index (Phi) is 0.679. The summed E-state index contributed by atoms with van der Waals surface area (Å²) in [6.07, 6.45) is 0. The Balaban J connectivity index is 3.71. The summed E-state index contributed by atoms with van der Waals surface area (Å²) >= 11 is 0. The zero-order valence-electron chi connectivity index (χ0n) is 13.1. The van der Waals surface area contributed by atoms with E-state index in [9.17, 15) is 0 Å². The van der Waals surface area contributed by atoms with Crippen LogP contribution in [0.25, 0.3) is 0 Å². The summed E-state index contributed by atoms with van der Waals surface area (Å²) < 4.78 is 52.6. The quantitative estimate of drug-likeness (QED) is 0.563. The second-order valence-electron chi connectivity index (χ2n) is 2.44. The molecule has 10 heavy (non-hydrogen) atoms. The van der Waals surface area contributed by atoms with Crippen molar-refractivity contribution in [3.63, 3.8) is 0 Å². The van der Waals surface area contributed by atoms with Crippen molar-refractivity contribution in [2.75, 3.05) is 0 Å². The smallest absolute Gasteiger partial charge is 0.0590 e. The zero-order valence-corrected chi connectivity index (χ0v) is 6.08. The van der Waals surface area contributed by atoms with Gasteiger partial charge in [0.1, 0.15) is 0 Å². The van der Waals surface area contributed by atoms with Crippen LogP contribution in [0.15, 0.2) is 24.2 Å². The monoisotopic (exact) mass is 141 g/mol. The van der Waals surface area contributed by atoms with Gasteiger partial charge in [0, 0.05) is 4.11 Å². The van der Waals surface area contributed by atoms with Crippen LogP contribution in [0.4, 0.5) is 0 Å². The van der Waals surface area contributed by atoms with Gasteiger partial charge in [-0.3, -0.25) is 0 Å². The molecule has 0 N–H and O–H groups in total. The zero-order chi connectivity index (χ0) is 13.5. The minimum Gasteiger partial charge on any atom is -0.0590 e. The van der Waals surface area contributed by atoms with Crippen LogP contribution in [0.3, 0.4) is 0 Å². The van der Waals surface area contributed by atoms with Gasteiger partial charge in [-0.1, -0.05) is 43.6 Å². The molecule has 0 heterocycles. The Hall–Kier alpha value is -0.780. The summed E-state index contributed by atoms with van der Waals surface area (Å²) in [7, 11) is 0. The van der Waals surface area contributed by atoms with Crippen LogP contribution < -0.4 is 0 Å². The highest BCUT2D eigenvalue weighted by Crippen LogP contribution is 2.13. The molecule has 1 aromatic carbocycles. The minimum absolute atomic E-state index is 0.186. The third-order valence-corrected chi connectivity index (χ3v) is 1.22. The summed E-state index contributed by atoms with van der Waals surface area (Å²) in [5.41, 5.74) is -0.245. The van der Waals surface area contributed by atoms with Crippen LogP contribution in [0.5, 0.6) is 0 Å². The highest BCUT2D eigenvalue weighted by atomic mass is 14.0. The van der Waals surface area contributed by atoms with E-state index in [2.05, 4.69) is 0 Å². The molecule has 0 aliphatic carbocycles. The van der Waals surface area contributed by atoms with E-state index in [-0.39, 0.29) is 23.6 Å². The molecule has 1 rings (SSSR count). The van der Waals surface area contributed by atoms with E-state index in [1.165, 1.54) is 0 Å². The normalized spacial score (nSPS) is 21.7. The van der Waals surface area contributed by atoms with Crippen molar-refractivity contribution in [3.8, 4) is 0 Å². The first-order valence-electron chi connectivity index (χ1n) is 6.69. The van der Waals surface area contributed by atoms with Crippen LogP contribution in [-0.2, 0) is 0 Å². The van der Waals surface area contributed by atoms with Gasteiger partial charge in [0.25, 0.3) is 0 Å². The first-order chi connectivity index (χ1) is 7.59. The molecule has 0 saturated carbocycles. The topological polar surface area (TPSA) is 0 Å². The van der Waals surface area contributed by atoms with Gasteiger partial charge in [-0.25, -0.2) is 0 Å². The van der Waals surface area contributed by atoms with Crippen LogP contribution in [0, 0.1) is 6.85 Å². The SMILES string of the molecule is [2H]c1c([2H])c(C([2H])([2H])[2H])c([2H])c([2H])c1C(C)C. The molecule has 0 radical (unpaired) electrons. The fraction of sp³-hybridized carbons (Fsp3) is 0.400. The Morgan fingerprint density at radius 3 is 2.30 bits per heavy atom. The summed E-state index contributed by atoms with van der Waals surface area (Å²) in [5, 5.41) is 0. The predicted octanol–water partition coefficient (Wildman–Crippen LogP) is 3.12. The van der Waals surface area contributed by atoms with Crippen LogP contribution >= 0.6 is 0 Å². The number of rotatable bonds is 1. The third kappa shape index (κ3) is 1.60. The molecule has 0 heteroatoms. The molecule has 54 valence electrons. The number of hydrogen-bond acceptors (Lipinski definition) is 0. The van der Waals surface area contributed by atoms with Crippen molar-refractivity contribution in [1.29, 1.82) is 0 Å². The molecular weight excluding hydrogens is 120 g/mol. The fourth-order valence-electron chi connectivity index (χ4n) is 0.611. The number of benzene rings is 1. The third-order valence-electron chi connectivity index (χ3n) is 1.22. The molecular formula is C10H14. The largest absolute Gasteiger partial charge is 0.0626 e. The Labute approximate surface area is 72.7 Å². The fourth-order valence-corrected chi connectivity index (χ4v) is 0.611. The van der Waals surface area contributed by atoms with E-state index in [0.29, 0.717) is 0 Å². The molecule has 0 spiro atoms. The first-order valence-corrected chi connectivity index (χ1v) is 3.19. The Bertz CT molecular complexity index is 416. The maximum Gasteiger partial charge on any atom is 0.0626 e. The summed E-state index contributed by atoms with van der Waals surface area (Å²) in [4.78, 5) is 0. The van der Waals surface area contributed by atoms with Crippen molar-refractivity contribution >= 4 is 0 Å². The minimum atomic E-state index is -2.63. The molecule has 0 bridgehead atoms. The lowest BCUT2D eigenvalue weighted by molar-refractivity contribution is 0.866. The highest BCUT2D eigenvalue weighted by molar-refractivity contribution is 5.23. The lowest BCUT2D eigenvalue weighted by atomic mass is 10.0. The summed E-state index contributed by atoms with van der Waals surface area (Å²) in [5.74, 6) is -0.186. The average Bonchev–Trinajstić information content (AvgIpc) is 2.12. The molecule has 0 aromatic heterocycles. The first kappa shape index (κ1) is 2.37. The second kappa shape index (κ2) is 2.87. The van der Waals surface area contributed by atoms with Crippen molar-refractivity contribution in [1.82, 2.24) is 0 Å². The molecule has 0 saturated heterocycles. The summed E-state index contributed by atoms with van der Waals surface area (Å²) in [6, 6.07) is -1.44. The maximum absolute atomic E-state index is 7.74. The molecule has 0 aliphatic heterocycles. The summed E-state index contributed by atoms with van der Waals surface area (Å²) in [6.45, 7) is 0.869. The van der Waals surface area contributed by atoms with Crippen molar-refractivity contribution < 1.29 is 9.60 Å². The van der Waals surface area contributed by atoms with Gasteiger partial charge in [0.15, 0.2) is 0 Å². The van der Waals surface area contributed by atoms with Gasteiger partial charge < -0.3 is 0 Å². The van der Waals surface area contributed by atoms with Crippen molar-refractivity contribution in [3.05, 3.63) is 35.3 Å². The number of hydrogen-bond donors (Lipinski definition) is 0. The average molecular weight is 141 g/mol. The standard InChI is InChI=1S/C10H14/c1-8(2)10-6-4-9(3)5-7-10/h4-8H,1-3H3/i3D3,4D,5D,6D,7D. The van der Waals surface area contributed by atoms with E-state index in [1.54, 1.807) is 13.8 Å². The van der Waals surface area contributed by atoms with E-state index in [4.69, 9.17) is 9.60 Å². The van der Waals surface area contributed by atoms with Crippen LogP contribution in [0.1, 0.15) is 40.5 Å². The molecule has 0 atom stereocenters. The van der Waals surface area contributed by atoms with Gasteiger partial charge in [-0.15, -0.1) is 0 Å². The van der Waals surface area contributed by atoms with Gasteiger partial charge in [-0.05, 0) is 18.3 Å². The molecule has 0 fully saturated rings. The van der Waals surface area contributed by atoms with E-state index in [1.807, 2.05) is 0 Å². The second-order valence-corrected chi connectivity index (χ2v) is 2.44. The lowest BCUT2D eigenvalue weighted by Crippen LogP contribution is -1.85. The van der Waals surface area contributed by atoms with Gasteiger partial charge in [0.05, 0.1) is 5.48 Å². The molecule has 0 unspecified atom stereocenters. The van der Waals surface area contributed by atoms with Gasteiger partial charge in [-0.2, -0.15) is 0 Å². The van der Waals surface area contributed by atoms with Gasteiger partial charge >= 0.3 is 0 Å². The van der Waals surface area contributed by atoms with Crippen LogP contribution in [0.2, 0.25) is 0 Å². The Morgan fingerprint density at radius 2 is 1.90 bits per heavy atom. The van der Waals surface area contributed by atoms with Gasteiger partial charge in [0.2, 0.25) is 0 Å². The van der Waals surface area contributed by atoms with Crippen molar-refractivity contribution in [2.45, 2.75) is 26.6 Å². The van der Waals surface area contributed by atoms with Crippen LogP contribution in [-0.4, -0.2) is 0 Å². The van der Waals surface area contributed by atoms with E-state index >= 15 is 0 Å². The Morgan fingerprint density at radius 1 is 1.30 bits per heavy atom. The molecule has 0 amide bonds. The molecule has 1 aromatic rings. The predicted molar refractivity (Wildman–Crippen MR) is 45.3 cm³/mol. The van der Waals surface area contributed by atoms with E-state index < -0.39 is 24.5 Å². The van der Waals surface area contributed by atoms with E-state index in [0.717, 1.165) is 0 Å². The lowest BCUT2D eigenvalue weighted by Gasteiger charge is -2.03. The maximum atomic E-state index is 7.74. The highest BCUT2D eigenvalue weighted by Gasteiger charge is 1.95. The van der Waals surface area contributed by atoms with Crippen molar-refractivity contribution in [2.24, 2.45) is 0 Å². The molecule has 0 nitrogen and oxygen atoms in total.